The minimum atomic E-state index is -1.10. The normalized spacial score (nSPS) is 10.1. The first-order chi connectivity index (χ1) is 8.15. The maximum atomic E-state index is 13.2. The van der Waals surface area contributed by atoms with Crippen LogP contribution in [-0.2, 0) is 4.74 Å². The van der Waals surface area contributed by atoms with Crippen LogP contribution < -0.4 is 5.32 Å². The van der Waals surface area contributed by atoms with Gasteiger partial charge in [0, 0.05) is 0 Å². The summed E-state index contributed by atoms with van der Waals surface area (Å²) in [5, 5.41) is 2.14. The number of halogens is 2. The van der Waals surface area contributed by atoms with E-state index in [-0.39, 0.29) is 12.3 Å². The van der Waals surface area contributed by atoms with Crippen LogP contribution in [0.1, 0.15) is 19.3 Å². The van der Waals surface area contributed by atoms with Crippen molar-refractivity contribution in [1.82, 2.24) is 0 Å². The fourth-order valence-corrected chi connectivity index (χ4v) is 1.19. The Labute approximate surface area is 98.8 Å². The van der Waals surface area contributed by atoms with Gasteiger partial charge in [0.2, 0.25) is 0 Å². The summed E-state index contributed by atoms with van der Waals surface area (Å²) < 4.78 is 30.7. The molecular formula is C12H14F2NO2. The molecule has 0 bridgehead atoms. The van der Waals surface area contributed by atoms with Crippen LogP contribution in [-0.4, -0.2) is 12.7 Å². The lowest BCUT2D eigenvalue weighted by Crippen LogP contribution is -2.15. The molecule has 1 aromatic rings. The van der Waals surface area contributed by atoms with Crippen molar-refractivity contribution in [3.63, 3.8) is 0 Å². The van der Waals surface area contributed by atoms with E-state index in [0.717, 1.165) is 18.9 Å². The van der Waals surface area contributed by atoms with Crippen molar-refractivity contribution in [2.75, 3.05) is 11.9 Å². The van der Waals surface area contributed by atoms with Gasteiger partial charge in [0.05, 0.1) is 12.3 Å². The van der Waals surface area contributed by atoms with Gasteiger partial charge in [0.25, 0.3) is 0 Å². The quantitative estimate of drug-likeness (QED) is 0.802. The fraction of sp³-hybridized carbons (Fsp3) is 0.333. The van der Waals surface area contributed by atoms with Gasteiger partial charge in [-0.15, -0.1) is 0 Å². The van der Waals surface area contributed by atoms with Crippen LogP contribution in [0.15, 0.2) is 18.2 Å². The highest BCUT2D eigenvalue weighted by Gasteiger charge is 2.10. The molecule has 0 saturated heterocycles. The average Bonchev–Trinajstić information content (AvgIpc) is 2.31. The smallest absolute Gasteiger partial charge is 0.411 e. The molecule has 0 aromatic heterocycles. The largest absolute Gasteiger partial charge is 0.449 e. The number of carbonyl (C=O) groups is 1. The van der Waals surface area contributed by atoms with Crippen molar-refractivity contribution >= 4 is 11.8 Å². The topological polar surface area (TPSA) is 38.3 Å². The zero-order chi connectivity index (χ0) is 12.7. The molecule has 93 valence electrons. The number of carbonyl (C=O) groups excluding carboxylic acids is 1. The predicted molar refractivity (Wildman–Crippen MR) is 60.5 cm³/mol. The average molecular weight is 242 g/mol. The van der Waals surface area contributed by atoms with Crippen molar-refractivity contribution in [3.05, 3.63) is 36.8 Å². The fourth-order valence-electron chi connectivity index (χ4n) is 1.19. The van der Waals surface area contributed by atoms with Crippen molar-refractivity contribution < 1.29 is 18.3 Å². The standard InChI is InChI=1S/C12H14F2NO2/c1-2-3-4-8-17-12(16)15-10-7-5-6-9(13)11(10)14/h5-7H,1-4,8H2,(H,15,16). The van der Waals surface area contributed by atoms with Gasteiger partial charge < -0.3 is 4.74 Å². The Bertz CT molecular complexity index is 383. The number of unbranched alkanes of at least 4 members (excludes halogenated alkanes) is 2. The molecule has 0 heterocycles. The van der Waals surface area contributed by atoms with E-state index >= 15 is 0 Å². The van der Waals surface area contributed by atoms with Crippen LogP contribution in [0.3, 0.4) is 0 Å². The third-order valence-electron chi connectivity index (χ3n) is 2.07. The number of anilines is 1. The molecule has 0 saturated carbocycles. The minimum absolute atomic E-state index is 0.229. The van der Waals surface area contributed by atoms with Gasteiger partial charge in [-0.2, -0.15) is 0 Å². The van der Waals surface area contributed by atoms with E-state index in [1.54, 1.807) is 0 Å². The number of hydrogen-bond acceptors (Lipinski definition) is 2. The lowest BCUT2D eigenvalue weighted by molar-refractivity contribution is 0.159. The number of hydrogen-bond donors (Lipinski definition) is 1. The van der Waals surface area contributed by atoms with E-state index < -0.39 is 17.7 Å². The van der Waals surface area contributed by atoms with Crippen molar-refractivity contribution in [2.45, 2.75) is 19.3 Å². The van der Waals surface area contributed by atoms with Gasteiger partial charge in [0.1, 0.15) is 0 Å². The molecule has 0 aliphatic heterocycles. The first-order valence-electron chi connectivity index (χ1n) is 5.32. The molecule has 1 rings (SSSR count). The van der Waals surface area contributed by atoms with Crippen molar-refractivity contribution in [1.29, 1.82) is 0 Å². The number of rotatable bonds is 5. The van der Waals surface area contributed by atoms with Gasteiger partial charge in [-0.25, -0.2) is 13.6 Å². The first kappa shape index (κ1) is 13.4. The number of nitrogens with one attached hydrogen (secondary N) is 1. The monoisotopic (exact) mass is 242 g/mol. The second-order valence-electron chi connectivity index (χ2n) is 3.42. The summed E-state index contributed by atoms with van der Waals surface area (Å²) in [4.78, 5) is 11.2. The first-order valence-corrected chi connectivity index (χ1v) is 5.32. The summed E-state index contributed by atoms with van der Waals surface area (Å²) in [5.74, 6) is -2.11. The van der Waals surface area contributed by atoms with Crippen LogP contribution >= 0.6 is 0 Å². The molecule has 1 N–H and O–H groups in total. The summed E-state index contributed by atoms with van der Waals surface area (Å²) in [6, 6.07) is 3.53. The molecule has 0 spiro atoms. The number of benzene rings is 1. The molecule has 0 atom stereocenters. The second kappa shape index (κ2) is 6.83. The van der Waals surface area contributed by atoms with Gasteiger partial charge >= 0.3 is 6.09 Å². The van der Waals surface area contributed by atoms with Gasteiger partial charge in [-0.1, -0.05) is 25.8 Å². The third-order valence-corrected chi connectivity index (χ3v) is 2.07. The molecule has 0 aliphatic rings. The maximum absolute atomic E-state index is 13.2. The van der Waals surface area contributed by atoms with Gasteiger partial charge in [0.15, 0.2) is 11.6 Å². The molecule has 17 heavy (non-hydrogen) atoms. The van der Waals surface area contributed by atoms with Crippen molar-refractivity contribution in [2.24, 2.45) is 0 Å². The van der Waals surface area contributed by atoms with E-state index in [0.29, 0.717) is 6.42 Å². The SMILES string of the molecule is [CH2]CCCCOC(=O)Nc1cccc(F)c1F. The lowest BCUT2D eigenvalue weighted by atomic mass is 10.3. The molecule has 0 fully saturated rings. The van der Waals surface area contributed by atoms with Crippen LogP contribution in [0, 0.1) is 18.6 Å². The van der Waals surface area contributed by atoms with E-state index in [4.69, 9.17) is 4.74 Å². The summed E-state index contributed by atoms with van der Waals surface area (Å²) >= 11 is 0. The number of ether oxygens (including phenoxy) is 1. The highest BCUT2D eigenvalue weighted by Crippen LogP contribution is 2.16. The van der Waals surface area contributed by atoms with Crippen LogP contribution in [0.25, 0.3) is 0 Å². The molecule has 1 aromatic carbocycles. The van der Waals surface area contributed by atoms with E-state index in [9.17, 15) is 13.6 Å². The third kappa shape index (κ3) is 4.38. The zero-order valence-electron chi connectivity index (χ0n) is 9.34. The maximum Gasteiger partial charge on any atom is 0.411 e. The van der Waals surface area contributed by atoms with E-state index in [1.807, 2.05) is 0 Å². The van der Waals surface area contributed by atoms with E-state index in [1.165, 1.54) is 12.1 Å². The van der Waals surface area contributed by atoms with E-state index in [2.05, 4.69) is 12.2 Å². The molecular weight excluding hydrogens is 228 g/mol. The molecule has 5 heteroatoms. The Morgan fingerprint density at radius 1 is 1.35 bits per heavy atom. The van der Waals surface area contributed by atoms with Gasteiger partial charge in [-0.05, 0) is 18.6 Å². The van der Waals surface area contributed by atoms with Crippen molar-refractivity contribution in [3.8, 4) is 0 Å². The second-order valence-corrected chi connectivity index (χ2v) is 3.42. The Kier molecular flexibility index (Phi) is 5.39. The molecule has 0 unspecified atom stereocenters. The van der Waals surface area contributed by atoms with Crippen LogP contribution in [0.2, 0.25) is 0 Å². The zero-order valence-corrected chi connectivity index (χ0v) is 9.34. The Morgan fingerprint density at radius 2 is 2.12 bits per heavy atom. The highest BCUT2D eigenvalue weighted by molar-refractivity contribution is 5.84. The molecule has 1 radical (unpaired) electrons. The van der Waals surface area contributed by atoms with Gasteiger partial charge in [-0.3, -0.25) is 5.32 Å². The Morgan fingerprint density at radius 3 is 2.82 bits per heavy atom. The minimum Gasteiger partial charge on any atom is -0.449 e. The Balaban J connectivity index is 2.43. The Hall–Kier alpha value is -1.65. The lowest BCUT2D eigenvalue weighted by Gasteiger charge is -2.07. The molecule has 1 amide bonds. The number of amides is 1. The summed E-state index contributed by atoms with van der Waals surface area (Å²) in [6.07, 6.45) is 1.52. The summed E-state index contributed by atoms with van der Waals surface area (Å²) in [6.45, 7) is 3.88. The summed E-state index contributed by atoms with van der Waals surface area (Å²) in [5.41, 5.74) is -0.229. The molecule has 3 nitrogen and oxygen atoms in total. The highest BCUT2D eigenvalue weighted by atomic mass is 19.2. The van der Waals surface area contributed by atoms with Crippen LogP contribution in [0.5, 0.6) is 0 Å². The molecule has 0 aliphatic carbocycles. The summed E-state index contributed by atoms with van der Waals surface area (Å²) in [7, 11) is 0. The predicted octanol–water partition coefficient (Wildman–Crippen LogP) is 3.52. The van der Waals surface area contributed by atoms with Crippen LogP contribution in [0.4, 0.5) is 19.3 Å².